The number of hydrogen-bond donors (Lipinski definition) is 1. The highest BCUT2D eigenvalue weighted by Gasteiger charge is 2.39. The summed E-state index contributed by atoms with van der Waals surface area (Å²) >= 11 is 6.03. The summed E-state index contributed by atoms with van der Waals surface area (Å²) in [6.45, 7) is 5.58. The number of carbonyl (C=O) groups is 2. The number of piperazine rings is 1. The van der Waals surface area contributed by atoms with Gasteiger partial charge in [-0.3, -0.25) is 14.5 Å². The van der Waals surface area contributed by atoms with Crippen LogP contribution in [0.5, 0.6) is 0 Å². The Hall–Kier alpha value is -1.62. The van der Waals surface area contributed by atoms with Crippen LogP contribution in [0.4, 0.5) is 10.1 Å². The molecule has 1 fully saturated rings. The third-order valence-electron chi connectivity index (χ3n) is 3.50. The first-order valence-electron chi connectivity index (χ1n) is 6.89. The second-order valence-corrected chi connectivity index (χ2v) is 6.08. The first-order chi connectivity index (χ1) is 9.81. The molecule has 0 aromatic heterocycles. The van der Waals surface area contributed by atoms with E-state index in [1.165, 1.54) is 17.0 Å². The zero-order chi connectivity index (χ0) is 15.7. The maximum absolute atomic E-state index is 13.2. The summed E-state index contributed by atoms with van der Waals surface area (Å²) in [7, 11) is 0. The van der Waals surface area contributed by atoms with E-state index < -0.39 is 17.9 Å². The van der Waals surface area contributed by atoms with Gasteiger partial charge in [-0.25, -0.2) is 4.39 Å². The van der Waals surface area contributed by atoms with Crippen molar-refractivity contribution in [2.45, 2.75) is 39.3 Å². The molecule has 6 heteroatoms. The largest absolute Gasteiger partial charge is 0.342 e. The molecule has 2 rings (SSSR count). The lowest BCUT2D eigenvalue weighted by Gasteiger charge is -2.38. The van der Waals surface area contributed by atoms with Gasteiger partial charge in [0.2, 0.25) is 11.8 Å². The zero-order valence-electron chi connectivity index (χ0n) is 12.2. The summed E-state index contributed by atoms with van der Waals surface area (Å²) in [5, 5.41) is 2.85. The van der Waals surface area contributed by atoms with Crippen LogP contribution >= 0.6 is 11.6 Å². The molecule has 0 aliphatic carbocycles. The van der Waals surface area contributed by atoms with Crippen LogP contribution in [-0.4, -0.2) is 23.9 Å². The predicted molar refractivity (Wildman–Crippen MR) is 79.7 cm³/mol. The van der Waals surface area contributed by atoms with E-state index in [0.29, 0.717) is 12.1 Å². The molecule has 21 heavy (non-hydrogen) atoms. The Morgan fingerprint density at radius 2 is 2.05 bits per heavy atom. The molecule has 2 atom stereocenters. The van der Waals surface area contributed by atoms with E-state index in [2.05, 4.69) is 5.32 Å². The average molecular weight is 313 g/mol. The first kappa shape index (κ1) is 15.8. The van der Waals surface area contributed by atoms with Crippen LogP contribution in [0.15, 0.2) is 18.2 Å². The molecule has 2 amide bonds. The second-order valence-electron chi connectivity index (χ2n) is 5.67. The Bertz CT molecular complexity index is 577. The third kappa shape index (κ3) is 3.18. The van der Waals surface area contributed by atoms with Gasteiger partial charge < -0.3 is 5.32 Å². The number of anilines is 1. The van der Waals surface area contributed by atoms with E-state index in [1.54, 1.807) is 6.92 Å². The van der Waals surface area contributed by atoms with Gasteiger partial charge in [-0.05, 0) is 37.5 Å². The van der Waals surface area contributed by atoms with Gasteiger partial charge in [0, 0.05) is 0 Å². The molecule has 0 bridgehead atoms. The lowest BCUT2D eigenvalue weighted by atomic mass is 9.98. The number of halogens is 2. The van der Waals surface area contributed by atoms with Crippen molar-refractivity contribution in [3.05, 3.63) is 29.0 Å². The number of nitrogens with zero attached hydrogens (tertiary/aromatic N) is 1. The molecule has 1 aromatic carbocycles. The number of nitrogens with one attached hydrogen (secondary N) is 1. The van der Waals surface area contributed by atoms with Gasteiger partial charge in [-0.1, -0.05) is 25.4 Å². The van der Waals surface area contributed by atoms with Crippen molar-refractivity contribution in [3.8, 4) is 0 Å². The monoisotopic (exact) mass is 312 g/mol. The Morgan fingerprint density at radius 3 is 2.62 bits per heavy atom. The van der Waals surface area contributed by atoms with Crippen LogP contribution in [0.25, 0.3) is 0 Å². The molecule has 1 heterocycles. The summed E-state index contributed by atoms with van der Waals surface area (Å²) in [5.41, 5.74) is 0.360. The highest BCUT2D eigenvalue weighted by Crippen LogP contribution is 2.30. The molecule has 0 radical (unpaired) electrons. The maximum atomic E-state index is 13.2. The quantitative estimate of drug-likeness (QED) is 0.933. The number of carbonyl (C=O) groups excluding carboxylic acids is 2. The molecule has 1 N–H and O–H groups in total. The molecule has 1 aromatic rings. The molecule has 0 spiro atoms. The molecule has 1 aliphatic rings. The summed E-state index contributed by atoms with van der Waals surface area (Å²) in [5.74, 6) is -0.674. The van der Waals surface area contributed by atoms with E-state index in [-0.39, 0.29) is 22.8 Å². The smallest absolute Gasteiger partial charge is 0.250 e. The van der Waals surface area contributed by atoms with Gasteiger partial charge in [0.25, 0.3) is 0 Å². The minimum absolute atomic E-state index is 0.119. The Morgan fingerprint density at radius 1 is 1.38 bits per heavy atom. The zero-order valence-corrected chi connectivity index (χ0v) is 12.9. The Labute approximate surface area is 128 Å². The fourth-order valence-corrected chi connectivity index (χ4v) is 2.72. The number of amides is 2. The minimum Gasteiger partial charge on any atom is -0.342 e. The molecule has 2 unspecified atom stereocenters. The third-order valence-corrected chi connectivity index (χ3v) is 3.80. The summed E-state index contributed by atoms with van der Waals surface area (Å²) in [4.78, 5) is 26.0. The highest BCUT2D eigenvalue weighted by atomic mass is 35.5. The van der Waals surface area contributed by atoms with Crippen LogP contribution in [0.1, 0.15) is 27.2 Å². The Balaban J connectivity index is 2.38. The van der Waals surface area contributed by atoms with Gasteiger partial charge in [0.1, 0.15) is 17.9 Å². The standard InChI is InChI=1S/C15H18ClFN2O2/c1-8(2)6-12-15(21)19(9(3)14(20)18-12)13-5-4-10(17)7-11(13)16/h4-5,7-9,12H,6H2,1-3H3,(H,18,20). The van der Waals surface area contributed by atoms with E-state index in [1.807, 2.05) is 13.8 Å². The van der Waals surface area contributed by atoms with Crippen LogP contribution in [0, 0.1) is 11.7 Å². The van der Waals surface area contributed by atoms with Crippen LogP contribution in [0.3, 0.4) is 0 Å². The predicted octanol–water partition coefficient (Wildman–Crippen LogP) is 2.75. The Kier molecular flexibility index (Phi) is 4.52. The van der Waals surface area contributed by atoms with Crippen molar-refractivity contribution in [2.75, 3.05) is 4.90 Å². The van der Waals surface area contributed by atoms with Crippen LogP contribution in [0.2, 0.25) is 5.02 Å². The average Bonchev–Trinajstić information content (AvgIpc) is 2.38. The van der Waals surface area contributed by atoms with Gasteiger partial charge in [0.05, 0.1) is 10.7 Å². The molecular formula is C15H18ClFN2O2. The van der Waals surface area contributed by atoms with Gasteiger partial charge in [0.15, 0.2) is 0 Å². The fourth-order valence-electron chi connectivity index (χ4n) is 2.47. The van der Waals surface area contributed by atoms with Gasteiger partial charge >= 0.3 is 0 Å². The summed E-state index contributed by atoms with van der Waals surface area (Å²) in [6.07, 6.45) is 0.548. The lowest BCUT2D eigenvalue weighted by Crippen LogP contribution is -2.63. The minimum atomic E-state index is -0.677. The number of rotatable bonds is 3. The molecule has 1 saturated heterocycles. The maximum Gasteiger partial charge on any atom is 0.250 e. The highest BCUT2D eigenvalue weighted by molar-refractivity contribution is 6.34. The molecule has 4 nitrogen and oxygen atoms in total. The molecule has 1 aliphatic heterocycles. The fraction of sp³-hybridized carbons (Fsp3) is 0.467. The summed E-state index contributed by atoms with van der Waals surface area (Å²) < 4.78 is 13.2. The molecule has 0 saturated carbocycles. The lowest BCUT2D eigenvalue weighted by molar-refractivity contribution is -0.133. The van der Waals surface area contributed by atoms with Crippen LogP contribution in [-0.2, 0) is 9.59 Å². The van der Waals surface area contributed by atoms with Crippen molar-refractivity contribution in [3.63, 3.8) is 0 Å². The second kappa shape index (κ2) is 6.02. The normalized spacial score (nSPS) is 22.7. The topological polar surface area (TPSA) is 49.4 Å². The number of hydrogen-bond acceptors (Lipinski definition) is 2. The van der Waals surface area contributed by atoms with Crippen LogP contribution < -0.4 is 10.2 Å². The first-order valence-corrected chi connectivity index (χ1v) is 7.27. The van der Waals surface area contributed by atoms with Crippen molar-refractivity contribution < 1.29 is 14.0 Å². The van der Waals surface area contributed by atoms with Gasteiger partial charge in [-0.2, -0.15) is 0 Å². The SMILES string of the molecule is CC(C)CC1NC(=O)C(C)N(c2ccc(F)cc2Cl)C1=O. The van der Waals surface area contributed by atoms with Gasteiger partial charge in [-0.15, -0.1) is 0 Å². The summed E-state index contributed by atoms with van der Waals surface area (Å²) in [6, 6.07) is 2.54. The van der Waals surface area contributed by atoms with Crippen molar-refractivity contribution in [2.24, 2.45) is 5.92 Å². The van der Waals surface area contributed by atoms with Crippen molar-refractivity contribution >= 4 is 29.1 Å². The van der Waals surface area contributed by atoms with E-state index in [0.717, 1.165) is 6.07 Å². The van der Waals surface area contributed by atoms with Crippen molar-refractivity contribution in [1.82, 2.24) is 5.32 Å². The molecule has 114 valence electrons. The van der Waals surface area contributed by atoms with E-state index in [9.17, 15) is 14.0 Å². The van der Waals surface area contributed by atoms with E-state index >= 15 is 0 Å². The molecular weight excluding hydrogens is 295 g/mol. The van der Waals surface area contributed by atoms with E-state index in [4.69, 9.17) is 11.6 Å². The number of benzene rings is 1. The van der Waals surface area contributed by atoms with Crippen molar-refractivity contribution in [1.29, 1.82) is 0 Å².